The number of aromatic carboxylic acids is 1. The van der Waals surface area contributed by atoms with Gasteiger partial charge in [-0.15, -0.1) is 16.9 Å². The van der Waals surface area contributed by atoms with Crippen LogP contribution < -0.4 is 0 Å². The van der Waals surface area contributed by atoms with Gasteiger partial charge in [-0.3, -0.25) is 0 Å². The van der Waals surface area contributed by atoms with Crippen LogP contribution in [0.1, 0.15) is 23.1 Å². The van der Waals surface area contributed by atoms with E-state index in [9.17, 15) is 4.79 Å². The van der Waals surface area contributed by atoms with Crippen LogP contribution in [0.4, 0.5) is 0 Å². The van der Waals surface area contributed by atoms with E-state index in [2.05, 4.69) is 10.3 Å². The lowest BCUT2D eigenvalue weighted by Gasteiger charge is -2.09. The van der Waals surface area contributed by atoms with Gasteiger partial charge in [-0.2, -0.15) is 0 Å². The molecule has 0 bridgehead atoms. The maximum Gasteiger partial charge on any atom is 0.358 e. The molecule has 0 atom stereocenters. The predicted molar refractivity (Wildman–Crippen MR) is 69.5 cm³/mol. The minimum Gasteiger partial charge on any atom is -0.476 e. The van der Waals surface area contributed by atoms with E-state index in [-0.39, 0.29) is 5.69 Å². The summed E-state index contributed by atoms with van der Waals surface area (Å²) in [6.07, 6.45) is 2.54. The van der Waals surface area contributed by atoms with Crippen molar-refractivity contribution in [2.45, 2.75) is 18.2 Å². The summed E-state index contributed by atoms with van der Waals surface area (Å²) in [4.78, 5) is 12.1. The van der Waals surface area contributed by atoms with Crippen LogP contribution in [-0.4, -0.2) is 32.3 Å². The van der Waals surface area contributed by atoms with E-state index in [4.69, 9.17) is 5.11 Å². The highest BCUT2D eigenvalue weighted by molar-refractivity contribution is 7.98. The fourth-order valence-corrected chi connectivity index (χ4v) is 2.36. The summed E-state index contributed by atoms with van der Waals surface area (Å²) in [7, 11) is 0. The van der Waals surface area contributed by atoms with Gasteiger partial charge in [0.05, 0.1) is 11.4 Å². The van der Waals surface area contributed by atoms with Crippen molar-refractivity contribution in [3.05, 3.63) is 35.7 Å². The van der Waals surface area contributed by atoms with Gasteiger partial charge < -0.3 is 5.11 Å². The minimum atomic E-state index is -1.04. The molecule has 2 aromatic rings. The number of carboxylic acids is 1. The Hall–Kier alpha value is -1.82. The Balaban J connectivity index is 2.61. The van der Waals surface area contributed by atoms with E-state index >= 15 is 0 Å². The smallest absolute Gasteiger partial charge is 0.358 e. The van der Waals surface area contributed by atoms with Crippen molar-refractivity contribution in [3.63, 3.8) is 0 Å². The van der Waals surface area contributed by atoms with Gasteiger partial charge in [-0.25, -0.2) is 9.48 Å². The highest BCUT2D eigenvalue weighted by atomic mass is 32.2. The summed E-state index contributed by atoms with van der Waals surface area (Å²) in [5.41, 5.74) is 1.50. The van der Waals surface area contributed by atoms with E-state index in [1.54, 1.807) is 16.4 Å². The van der Waals surface area contributed by atoms with Crippen molar-refractivity contribution in [1.82, 2.24) is 15.0 Å². The van der Waals surface area contributed by atoms with Crippen molar-refractivity contribution in [2.75, 3.05) is 6.26 Å². The monoisotopic (exact) mass is 263 g/mol. The second-order valence-corrected chi connectivity index (χ2v) is 4.48. The molecule has 94 valence electrons. The summed E-state index contributed by atoms with van der Waals surface area (Å²) in [5.74, 6) is -1.04. The second-order valence-electron chi connectivity index (χ2n) is 3.63. The lowest BCUT2D eigenvalue weighted by molar-refractivity contribution is 0.0689. The highest BCUT2D eigenvalue weighted by Crippen LogP contribution is 2.24. The number of hydrogen-bond donors (Lipinski definition) is 1. The van der Waals surface area contributed by atoms with E-state index in [1.165, 1.54) is 0 Å². The molecular weight excluding hydrogens is 250 g/mol. The van der Waals surface area contributed by atoms with Crippen LogP contribution in [0, 0.1) is 0 Å². The average molecular weight is 263 g/mol. The fourth-order valence-electron chi connectivity index (χ4n) is 1.78. The van der Waals surface area contributed by atoms with Gasteiger partial charge in [0.25, 0.3) is 0 Å². The number of rotatable bonds is 4. The Morgan fingerprint density at radius 1 is 1.44 bits per heavy atom. The summed E-state index contributed by atoms with van der Waals surface area (Å²) in [5, 5.41) is 16.8. The molecule has 0 spiro atoms. The van der Waals surface area contributed by atoms with E-state index < -0.39 is 5.97 Å². The molecule has 6 heteroatoms. The quantitative estimate of drug-likeness (QED) is 0.857. The number of carbonyl (C=O) groups is 1. The molecule has 0 unspecified atom stereocenters. The summed E-state index contributed by atoms with van der Waals surface area (Å²) in [6, 6.07) is 7.72. The summed E-state index contributed by atoms with van der Waals surface area (Å²) in [6.45, 7) is 1.89. The number of nitrogens with zero attached hydrogens (tertiary/aromatic N) is 3. The number of aromatic nitrogens is 3. The third kappa shape index (κ3) is 2.11. The average Bonchev–Trinajstić information content (AvgIpc) is 2.82. The zero-order valence-corrected chi connectivity index (χ0v) is 10.9. The maximum absolute atomic E-state index is 11.1. The molecule has 0 aliphatic carbocycles. The van der Waals surface area contributed by atoms with Gasteiger partial charge in [0.15, 0.2) is 5.69 Å². The van der Waals surface area contributed by atoms with E-state index in [1.807, 2.05) is 37.4 Å². The van der Waals surface area contributed by atoms with Crippen molar-refractivity contribution < 1.29 is 9.90 Å². The molecule has 0 amide bonds. The standard InChI is InChI=1S/C12H13N3O2S/c1-3-8-11(12(16)17)13-14-15(8)9-6-4-5-7-10(9)18-2/h4-7H,3H2,1-2H3,(H,16,17). The van der Waals surface area contributed by atoms with Gasteiger partial charge in [-0.05, 0) is 24.8 Å². The Morgan fingerprint density at radius 2 is 2.17 bits per heavy atom. The number of hydrogen-bond acceptors (Lipinski definition) is 4. The van der Waals surface area contributed by atoms with Gasteiger partial charge in [0.1, 0.15) is 0 Å². The maximum atomic E-state index is 11.1. The van der Waals surface area contributed by atoms with Gasteiger partial charge in [0.2, 0.25) is 0 Å². The largest absolute Gasteiger partial charge is 0.476 e. The molecule has 18 heavy (non-hydrogen) atoms. The first kappa shape index (κ1) is 12.6. The van der Waals surface area contributed by atoms with Crippen LogP contribution in [0.15, 0.2) is 29.2 Å². The van der Waals surface area contributed by atoms with Crippen molar-refractivity contribution >= 4 is 17.7 Å². The Morgan fingerprint density at radius 3 is 2.78 bits per heavy atom. The molecule has 0 radical (unpaired) electrons. The van der Waals surface area contributed by atoms with Gasteiger partial charge in [0, 0.05) is 4.90 Å². The first-order valence-electron chi connectivity index (χ1n) is 5.50. The number of carboxylic acid groups (broad SMARTS) is 1. The molecule has 0 saturated carbocycles. The normalized spacial score (nSPS) is 10.6. The first-order chi connectivity index (χ1) is 8.69. The fraction of sp³-hybridized carbons (Fsp3) is 0.250. The molecule has 2 rings (SSSR count). The predicted octanol–water partition coefficient (Wildman–Crippen LogP) is 2.25. The van der Waals surface area contributed by atoms with Gasteiger partial charge in [-0.1, -0.05) is 24.3 Å². The Bertz CT molecular complexity index is 580. The molecule has 0 aliphatic rings. The van der Waals surface area contributed by atoms with Crippen molar-refractivity contribution in [1.29, 1.82) is 0 Å². The molecule has 5 nitrogen and oxygen atoms in total. The molecular formula is C12H13N3O2S. The first-order valence-corrected chi connectivity index (χ1v) is 6.72. The zero-order chi connectivity index (χ0) is 13.1. The lowest BCUT2D eigenvalue weighted by atomic mass is 10.2. The van der Waals surface area contributed by atoms with Crippen LogP contribution in [0.25, 0.3) is 5.69 Å². The number of thioether (sulfide) groups is 1. The third-order valence-corrected chi connectivity index (χ3v) is 3.40. The molecule has 0 saturated heterocycles. The molecule has 1 N–H and O–H groups in total. The minimum absolute atomic E-state index is 0.0217. The van der Waals surface area contributed by atoms with Crippen LogP contribution in [-0.2, 0) is 6.42 Å². The van der Waals surface area contributed by atoms with Crippen molar-refractivity contribution in [2.24, 2.45) is 0 Å². The van der Waals surface area contributed by atoms with E-state index in [0.29, 0.717) is 12.1 Å². The van der Waals surface area contributed by atoms with E-state index in [0.717, 1.165) is 10.6 Å². The second kappa shape index (κ2) is 5.22. The highest BCUT2D eigenvalue weighted by Gasteiger charge is 2.19. The molecule has 1 aromatic heterocycles. The SMILES string of the molecule is CCc1c(C(=O)O)nnn1-c1ccccc1SC. The third-order valence-electron chi connectivity index (χ3n) is 2.61. The topological polar surface area (TPSA) is 68.0 Å². The summed E-state index contributed by atoms with van der Waals surface area (Å²) < 4.78 is 1.61. The number of para-hydroxylation sites is 1. The van der Waals surface area contributed by atoms with Crippen LogP contribution >= 0.6 is 11.8 Å². The molecule has 0 fully saturated rings. The van der Waals surface area contributed by atoms with Crippen LogP contribution in [0.3, 0.4) is 0 Å². The summed E-state index contributed by atoms with van der Waals surface area (Å²) >= 11 is 1.59. The van der Waals surface area contributed by atoms with Crippen LogP contribution in [0.2, 0.25) is 0 Å². The lowest BCUT2D eigenvalue weighted by Crippen LogP contribution is -2.06. The molecule has 1 heterocycles. The number of benzene rings is 1. The van der Waals surface area contributed by atoms with Crippen LogP contribution in [0.5, 0.6) is 0 Å². The Kier molecular flexibility index (Phi) is 3.66. The van der Waals surface area contributed by atoms with Gasteiger partial charge >= 0.3 is 5.97 Å². The molecule has 0 aliphatic heterocycles. The Labute approximate surface area is 109 Å². The van der Waals surface area contributed by atoms with Crippen molar-refractivity contribution in [3.8, 4) is 5.69 Å². The molecule has 1 aromatic carbocycles. The zero-order valence-electron chi connectivity index (χ0n) is 10.1.